The lowest BCUT2D eigenvalue weighted by Gasteiger charge is -2.28. The van der Waals surface area contributed by atoms with E-state index in [2.05, 4.69) is 135 Å². The van der Waals surface area contributed by atoms with E-state index in [0.29, 0.717) is 0 Å². The lowest BCUT2D eigenvalue weighted by Crippen LogP contribution is -2.16. The van der Waals surface area contributed by atoms with Crippen molar-refractivity contribution < 1.29 is 4.42 Å². The Morgan fingerprint density at radius 2 is 1.58 bits per heavy atom. The van der Waals surface area contributed by atoms with Gasteiger partial charge in [-0.15, -0.1) is 11.3 Å². The molecule has 0 saturated carbocycles. The van der Waals surface area contributed by atoms with Gasteiger partial charge in [-0.05, 0) is 71.7 Å². The molecule has 1 aliphatic carbocycles. The Bertz CT molecular complexity index is 2330. The SMILES string of the molecule is C=C/C=C1\C(=C/C)c2ccc(N(c3ccc4sc(-c5ccccc5)nc4c3)c3cccc4c3oc3ccccc34)cc2C1(C)C. The van der Waals surface area contributed by atoms with Crippen molar-refractivity contribution in [3.8, 4) is 10.6 Å². The van der Waals surface area contributed by atoms with Crippen LogP contribution >= 0.6 is 11.3 Å². The third kappa shape index (κ3) is 4.28. The molecule has 0 atom stereocenters. The number of para-hydroxylation sites is 2. The van der Waals surface area contributed by atoms with Crippen LogP contribution < -0.4 is 4.90 Å². The number of rotatable bonds is 5. The predicted molar refractivity (Wildman–Crippen MR) is 192 cm³/mol. The lowest BCUT2D eigenvalue weighted by atomic mass is 9.81. The first-order valence-electron chi connectivity index (χ1n) is 15.3. The van der Waals surface area contributed by atoms with Gasteiger partial charge in [-0.1, -0.05) is 105 Å². The number of aromatic nitrogens is 1. The molecular weight excluding hydrogens is 569 g/mol. The molecule has 0 N–H and O–H groups in total. The quantitative estimate of drug-likeness (QED) is 0.197. The zero-order valence-corrected chi connectivity index (χ0v) is 26.4. The maximum Gasteiger partial charge on any atom is 0.159 e. The summed E-state index contributed by atoms with van der Waals surface area (Å²) in [6.07, 6.45) is 6.27. The lowest BCUT2D eigenvalue weighted by molar-refractivity contribution is 0.660. The molecule has 0 amide bonds. The smallest absolute Gasteiger partial charge is 0.159 e. The number of fused-ring (bicyclic) bond motifs is 5. The van der Waals surface area contributed by atoms with Crippen molar-refractivity contribution in [3.63, 3.8) is 0 Å². The highest BCUT2D eigenvalue weighted by atomic mass is 32.1. The normalized spacial score (nSPS) is 15.8. The average Bonchev–Trinajstić information content (AvgIpc) is 3.73. The standard InChI is InChI=1S/C41H32N2OS/c1-5-13-33-29(6-2)30-22-20-27(24-34(30)41(33,3)4)43(36-18-12-17-32-31-16-10-11-19-37(31)44-39(32)36)28-21-23-38-35(25-28)42-40(45-38)26-14-8-7-9-15-26/h5-25H,1H2,2-4H3/b29-6-,33-13+. The van der Waals surface area contributed by atoms with Gasteiger partial charge in [0.25, 0.3) is 0 Å². The monoisotopic (exact) mass is 600 g/mol. The first kappa shape index (κ1) is 27.4. The van der Waals surface area contributed by atoms with E-state index in [1.165, 1.54) is 22.3 Å². The van der Waals surface area contributed by atoms with Gasteiger partial charge in [0.1, 0.15) is 10.6 Å². The molecule has 7 aromatic rings. The minimum atomic E-state index is -0.179. The van der Waals surface area contributed by atoms with Gasteiger partial charge in [0.2, 0.25) is 0 Å². The maximum absolute atomic E-state index is 6.59. The Hall–Kier alpha value is -5.19. The summed E-state index contributed by atoms with van der Waals surface area (Å²) in [5.74, 6) is 0. The van der Waals surface area contributed by atoms with Gasteiger partial charge in [-0.2, -0.15) is 0 Å². The second-order valence-corrected chi connectivity index (χ2v) is 13.0. The number of hydrogen-bond acceptors (Lipinski definition) is 4. The topological polar surface area (TPSA) is 29.3 Å². The largest absolute Gasteiger partial charge is 0.454 e. The second kappa shape index (κ2) is 10.5. The van der Waals surface area contributed by atoms with Gasteiger partial charge >= 0.3 is 0 Å². The first-order valence-corrected chi connectivity index (χ1v) is 16.1. The summed E-state index contributed by atoms with van der Waals surface area (Å²) in [5.41, 5.74) is 11.9. The molecule has 45 heavy (non-hydrogen) atoms. The number of benzene rings is 5. The Labute approximate surface area is 267 Å². The van der Waals surface area contributed by atoms with Crippen molar-refractivity contribution in [3.05, 3.63) is 151 Å². The van der Waals surface area contributed by atoms with Crippen molar-refractivity contribution in [2.45, 2.75) is 26.2 Å². The highest BCUT2D eigenvalue weighted by molar-refractivity contribution is 7.21. The number of anilines is 3. The van der Waals surface area contributed by atoms with E-state index in [0.717, 1.165) is 59.8 Å². The first-order chi connectivity index (χ1) is 22.0. The summed E-state index contributed by atoms with van der Waals surface area (Å²) in [7, 11) is 0. The fraction of sp³-hybridized carbons (Fsp3) is 0.0976. The third-order valence-corrected chi connectivity index (χ3v) is 10.1. The van der Waals surface area contributed by atoms with Crippen LogP contribution in [0.3, 0.4) is 0 Å². The Balaban J connectivity index is 1.37. The summed E-state index contributed by atoms with van der Waals surface area (Å²) in [6, 6.07) is 38.6. The van der Waals surface area contributed by atoms with E-state index in [1.54, 1.807) is 11.3 Å². The molecule has 0 fully saturated rings. The zero-order valence-electron chi connectivity index (χ0n) is 25.5. The van der Waals surface area contributed by atoms with E-state index >= 15 is 0 Å². The van der Waals surface area contributed by atoms with Gasteiger partial charge in [0, 0.05) is 33.1 Å². The molecule has 3 nitrogen and oxygen atoms in total. The van der Waals surface area contributed by atoms with Crippen molar-refractivity contribution in [2.24, 2.45) is 0 Å². The van der Waals surface area contributed by atoms with Crippen LogP contribution in [0.5, 0.6) is 0 Å². The third-order valence-electron chi connectivity index (χ3n) is 9.04. The van der Waals surface area contributed by atoms with Crippen LogP contribution in [0.2, 0.25) is 0 Å². The number of furan rings is 1. The van der Waals surface area contributed by atoms with Crippen molar-refractivity contribution in [1.29, 1.82) is 0 Å². The molecule has 0 bridgehead atoms. The second-order valence-electron chi connectivity index (χ2n) is 12.0. The summed E-state index contributed by atoms with van der Waals surface area (Å²) in [6.45, 7) is 10.7. The van der Waals surface area contributed by atoms with Crippen LogP contribution in [0, 0.1) is 0 Å². The molecule has 4 heteroatoms. The van der Waals surface area contributed by atoms with Crippen LogP contribution in [0.25, 0.3) is 48.3 Å². The van der Waals surface area contributed by atoms with Crippen LogP contribution in [-0.4, -0.2) is 4.98 Å². The molecule has 0 spiro atoms. The number of allylic oxidation sites excluding steroid dienone is 5. The van der Waals surface area contributed by atoms with E-state index in [9.17, 15) is 0 Å². The van der Waals surface area contributed by atoms with E-state index in [1.807, 2.05) is 24.3 Å². The van der Waals surface area contributed by atoms with Crippen LogP contribution in [-0.2, 0) is 5.41 Å². The predicted octanol–water partition coefficient (Wildman–Crippen LogP) is 12.1. The van der Waals surface area contributed by atoms with E-state index in [-0.39, 0.29) is 5.41 Å². The fourth-order valence-electron chi connectivity index (χ4n) is 6.87. The Kier molecular flexibility index (Phi) is 6.36. The zero-order chi connectivity index (χ0) is 30.7. The van der Waals surface area contributed by atoms with Crippen molar-refractivity contribution in [1.82, 2.24) is 4.98 Å². The Morgan fingerprint density at radius 1 is 0.822 bits per heavy atom. The minimum Gasteiger partial charge on any atom is -0.454 e. The molecule has 2 aromatic heterocycles. The van der Waals surface area contributed by atoms with Gasteiger partial charge < -0.3 is 9.32 Å². The minimum absolute atomic E-state index is 0.179. The van der Waals surface area contributed by atoms with Gasteiger partial charge in [0.05, 0.1) is 15.9 Å². The molecule has 8 rings (SSSR count). The molecule has 0 aliphatic heterocycles. The highest BCUT2D eigenvalue weighted by Gasteiger charge is 2.38. The van der Waals surface area contributed by atoms with Gasteiger partial charge in [-0.25, -0.2) is 4.98 Å². The van der Waals surface area contributed by atoms with Crippen LogP contribution in [0.15, 0.2) is 144 Å². The van der Waals surface area contributed by atoms with Crippen LogP contribution in [0.4, 0.5) is 17.1 Å². The molecule has 218 valence electrons. The molecule has 2 heterocycles. The maximum atomic E-state index is 6.59. The summed E-state index contributed by atoms with van der Waals surface area (Å²) >= 11 is 1.72. The fourth-order valence-corrected chi connectivity index (χ4v) is 7.82. The highest BCUT2D eigenvalue weighted by Crippen LogP contribution is 2.52. The molecule has 1 aliphatic rings. The van der Waals surface area contributed by atoms with Gasteiger partial charge in [0.15, 0.2) is 5.58 Å². The molecule has 5 aromatic carbocycles. The summed E-state index contributed by atoms with van der Waals surface area (Å²) < 4.78 is 7.75. The summed E-state index contributed by atoms with van der Waals surface area (Å²) in [5, 5.41) is 3.24. The number of nitrogens with zero attached hydrogens (tertiary/aromatic N) is 2. The van der Waals surface area contributed by atoms with Crippen LogP contribution in [0.1, 0.15) is 31.9 Å². The summed E-state index contributed by atoms with van der Waals surface area (Å²) in [4.78, 5) is 7.41. The molecular formula is C41H32N2OS. The van der Waals surface area contributed by atoms with E-state index < -0.39 is 0 Å². The van der Waals surface area contributed by atoms with Crippen molar-refractivity contribution in [2.75, 3.05) is 4.90 Å². The number of thiazole rings is 1. The molecule has 0 radical (unpaired) electrons. The van der Waals surface area contributed by atoms with Crippen molar-refractivity contribution >= 4 is 66.1 Å². The van der Waals surface area contributed by atoms with E-state index in [4.69, 9.17) is 9.40 Å². The average molecular weight is 601 g/mol. The van der Waals surface area contributed by atoms with Gasteiger partial charge in [-0.3, -0.25) is 0 Å². The number of hydrogen-bond donors (Lipinski definition) is 0. The Morgan fingerprint density at radius 3 is 2.40 bits per heavy atom. The molecule has 0 saturated heterocycles. The molecule has 0 unspecified atom stereocenters.